The molecule has 0 aromatic rings. The van der Waals surface area contributed by atoms with Gasteiger partial charge in [0.1, 0.15) is 36.4 Å². The summed E-state index contributed by atoms with van der Waals surface area (Å²) in [5.74, 6) is -0.184. The van der Waals surface area contributed by atoms with E-state index in [-0.39, 0.29) is 23.6 Å². The highest BCUT2D eigenvalue weighted by Crippen LogP contribution is 2.37. The maximum atomic E-state index is 12.9. The van der Waals surface area contributed by atoms with Gasteiger partial charge in [-0.25, -0.2) is 9.56 Å². The summed E-state index contributed by atoms with van der Waals surface area (Å²) in [6, 6.07) is 0. The fourth-order valence-electron chi connectivity index (χ4n) is 5.52. The third-order valence-electron chi connectivity index (χ3n) is 7.73. The molecule has 0 amide bonds. The summed E-state index contributed by atoms with van der Waals surface area (Å²) in [5.41, 5.74) is 11.9. The molecule has 6 unspecified atom stereocenters. The predicted molar refractivity (Wildman–Crippen MR) is 150 cm³/mol. The molecule has 13 nitrogen and oxygen atoms in total. The maximum absolute atomic E-state index is 12.9. The Morgan fingerprint density at radius 1 is 1.07 bits per heavy atom. The lowest BCUT2D eigenvalue weighted by Crippen LogP contribution is -2.47. The zero-order valence-corrected chi connectivity index (χ0v) is 23.9. The fraction of sp³-hybridized carbons (Fsp3) is 0.808. The molecule has 9 N–H and O–H groups in total. The van der Waals surface area contributed by atoms with Gasteiger partial charge in [-0.05, 0) is 31.6 Å². The van der Waals surface area contributed by atoms with Crippen molar-refractivity contribution in [3.05, 3.63) is 11.8 Å². The highest BCUT2D eigenvalue weighted by atomic mass is 31.2. The summed E-state index contributed by atoms with van der Waals surface area (Å²) in [6.07, 6.45) is 10.9. The van der Waals surface area contributed by atoms with Crippen LogP contribution in [0.4, 0.5) is 0 Å². The molecular weight excluding hydrogens is 541 g/mol. The minimum absolute atomic E-state index is 0.00673. The Bertz CT molecular complexity index is 953. The Labute approximate surface area is 235 Å². The van der Waals surface area contributed by atoms with Crippen molar-refractivity contribution in [2.24, 2.45) is 33.3 Å². The normalized spacial score (nSPS) is 31.9. The highest BCUT2D eigenvalue weighted by Gasteiger charge is 2.44. The van der Waals surface area contributed by atoms with Crippen molar-refractivity contribution in [2.75, 3.05) is 6.61 Å². The Morgan fingerprint density at radius 3 is 2.33 bits per heavy atom. The van der Waals surface area contributed by atoms with Crippen LogP contribution in [0.5, 0.6) is 0 Å². The van der Waals surface area contributed by atoms with Crippen LogP contribution in [0.1, 0.15) is 83.5 Å². The van der Waals surface area contributed by atoms with Gasteiger partial charge in [0.25, 0.3) is 0 Å². The first-order chi connectivity index (χ1) is 19.0. The van der Waals surface area contributed by atoms with Crippen molar-refractivity contribution < 1.29 is 38.6 Å². The van der Waals surface area contributed by atoms with E-state index >= 15 is 0 Å². The number of ketones is 1. The first-order valence-electron chi connectivity index (χ1n) is 14.4. The van der Waals surface area contributed by atoms with Gasteiger partial charge in [-0.2, -0.15) is 0 Å². The standard InChI is InChI=1S/C26H46N5O8P/c27-26(28)31-21(30-25-24(34)23(33)20(39-25)16-38-40(35,36)37)14-17-10-8-6-4-2-1-3-5-7-9-11-18-12-13-19(22(18)32)29-15-17/h13,15,17-18,20-21,23-25,30,33-34H,1-12,14,16H2,(H4,27,28,31)(H2,35,36,37)/t17?,18-,20?,21?,23?,24?,25?/m0/s1. The molecule has 228 valence electrons. The van der Waals surface area contributed by atoms with E-state index in [1.54, 1.807) is 6.21 Å². The highest BCUT2D eigenvalue weighted by molar-refractivity contribution is 7.46. The predicted octanol–water partition coefficient (Wildman–Crippen LogP) is 1.59. The van der Waals surface area contributed by atoms with Gasteiger partial charge >= 0.3 is 7.82 Å². The molecule has 3 aliphatic rings. The largest absolute Gasteiger partial charge is 0.469 e. The molecule has 0 aromatic heterocycles. The smallest absolute Gasteiger partial charge is 0.387 e. The van der Waals surface area contributed by atoms with Crippen LogP contribution in [0.15, 0.2) is 21.8 Å². The van der Waals surface area contributed by atoms with E-state index in [9.17, 15) is 19.6 Å². The minimum Gasteiger partial charge on any atom is -0.387 e. The summed E-state index contributed by atoms with van der Waals surface area (Å²) in [4.78, 5) is 39.6. The number of allylic oxidation sites excluding steroid dienone is 2. The number of ether oxygens (including phenoxy) is 1. The molecule has 2 heterocycles. The molecule has 1 aliphatic carbocycles. The third-order valence-corrected chi connectivity index (χ3v) is 8.21. The summed E-state index contributed by atoms with van der Waals surface area (Å²) < 4.78 is 21.1. The van der Waals surface area contributed by atoms with Gasteiger partial charge in [0.05, 0.1) is 6.61 Å². The summed E-state index contributed by atoms with van der Waals surface area (Å²) in [7, 11) is -4.79. The number of hydrogen-bond donors (Lipinski definition) is 7. The molecule has 40 heavy (non-hydrogen) atoms. The Morgan fingerprint density at radius 2 is 1.70 bits per heavy atom. The minimum atomic E-state index is -4.79. The van der Waals surface area contributed by atoms with E-state index in [0.717, 1.165) is 51.4 Å². The number of aliphatic imine (C=N–C) groups is 2. The monoisotopic (exact) mass is 587 g/mol. The number of phosphoric ester groups is 1. The van der Waals surface area contributed by atoms with E-state index < -0.39 is 45.1 Å². The van der Waals surface area contributed by atoms with Crippen LogP contribution in [0.2, 0.25) is 0 Å². The van der Waals surface area contributed by atoms with Crippen LogP contribution >= 0.6 is 7.82 Å². The number of nitrogens with one attached hydrogen (secondary N) is 1. The number of aliphatic hydroxyl groups is 2. The summed E-state index contributed by atoms with van der Waals surface area (Å²) in [5, 5.41) is 23.8. The van der Waals surface area contributed by atoms with Crippen LogP contribution < -0.4 is 16.8 Å². The first-order valence-corrected chi connectivity index (χ1v) is 15.9. The molecule has 0 aromatic carbocycles. The molecule has 3 rings (SSSR count). The second-order valence-corrected chi connectivity index (χ2v) is 12.3. The Hall–Kier alpha value is -1.70. The zero-order chi connectivity index (χ0) is 29.1. The molecule has 2 aliphatic heterocycles. The van der Waals surface area contributed by atoms with Crippen molar-refractivity contribution >= 4 is 25.8 Å². The number of aliphatic hydroxyl groups excluding tert-OH is 2. The topological polar surface area (TPSA) is 222 Å². The molecule has 0 spiro atoms. The summed E-state index contributed by atoms with van der Waals surface area (Å²) in [6.45, 7) is -0.618. The van der Waals surface area contributed by atoms with Crippen LogP contribution in [-0.2, 0) is 18.6 Å². The second-order valence-electron chi connectivity index (χ2n) is 11.0. The number of carbonyl (C=O) groups excluding carboxylic acids is 1. The molecule has 1 fully saturated rings. The second kappa shape index (κ2) is 16.1. The van der Waals surface area contributed by atoms with Gasteiger partial charge in [-0.3, -0.25) is 19.6 Å². The lowest BCUT2D eigenvalue weighted by Gasteiger charge is -2.24. The Balaban J connectivity index is 1.69. The van der Waals surface area contributed by atoms with Gasteiger partial charge in [0, 0.05) is 12.1 Å². The first kappa shape index (κ1) is 32.8. The van der Waals surface area contributed by atoms with E-state index in [1.807, 2.05) is 6.08 Å². The number of nitrogens with zero attached hydrogens (tertiary/aromatic N) is 2. The van der Waals surface area contributed by atoms with Crippen molar-refractivity contribution in [3.63, 3.8) is 0 Å². The quantitative estimate of drug-likeness (QED) is 0.123. The van der Waals surface area contributed by atoms with Gasteiger partial charge < -0.3 is 36.2 Å². The van der Waals surface area contributed by atoms with Crippen molar-refractivity contribution in [1.82, 2.24) is 5.32 Å². The van der Waals surface area contributed by atoms with Crippen molar-refractivity contribution in [1.29, 1.82) is 0 Å². The van der Waals surface area contributed by atoms with E-state index in [4.69, 9.17) is 26.0 Å². The average Bonchev–Trinajstić information content (AvgIpc) is 3.36. The number of Topliss-reactive ketones (excluding diaryl/α,β-unsaturated/α-hetero) is 1. The molecule has 7 atom stereocenters. The van der Waals surface area contributed by atoms with E-state index in [2.05, 4.69) is 19.8 Å². The van der Waals surface area contributed by atoms with Crippen LogP contribution in [0.3, 0.4) is 0 Å². The van der Waals surface area contributed by atoms with Crippen LogP contribution in [0.25, 0.3) is 0 Å². The van der Waals surface area contributed by atoms with Gasteiger partial charge in [0.15, 0.2) is 11.7 Å². The fourth-order valence-corrected chi connectivity index (χ4v) is 5.86. The molecule has 1 saturated heterocycles. The number of hydrogen-bond acceptors (Lipinski definition) is 9. The zero-order valence-electron chi connectivity index (χ0n) is 23.0. The lowest BCUT2D eigenvalue weighted by atomic mass is 9.96. The number of fused-ring (bicyclic) bond motifs is 2. The van der Waals surface area contributed by atoms with E-state index in [1.165, 1.54) is 25.7 Å². The molecule has 2 bridgehead atoms. The molecule has 0 radical (unpaired) electrons. The third kappa shape index (κ3) is 10.9. The van der Waals surface area contributed by atoms with Crippen molar-refractivity contribution in [2.45, 2.75) is 114 Å². The number of rotatable bonds is 8. The SMILES string of the molecule is NC(N)=NC(CC1C=NC2=CC[C@H](CCCCCCCCCCC1)C2=O)NC1OC(COP(=O)(O)O)C(O)C1O. The van der Waals surface area contributed by atoms with Crippen LogP contribution in [0, 0.1) is 11.8 Å². The number of nitrogens with two attached hydrogens (primary N) is 2. The van der Waals surface area contributed by atoms with Gasteiger partial charge in [0.2, 0.25) is 0 Å². The number of carbonyl (C=O) groups is 1. The average molecular weight is 588 g/mol. The molecule has 0 saturated carbocycles. The maximum Gasteiger partial charge on any atom is 0.469 e. The molecular formula is C26H46N5O8P. The van der Waals surface area contributed by atoms with Crippen molar-refractivity contribution in [3.8, 4) is 0 Å². The summed E-state index contributed by atoms with van der Waals surface area (Å²) >= 11 is 0. The van der Waals surface area contributed by atoms with Gasteiger partial charge in [-0.15, -0.1) is 0 Å². The van der Waals surface area contributed by atoms with Crippen LogP contribution in [-0.4, -0.2) is 75.3 Å². The number of phosphoric acid groups is 1. The van der Waals surface area contributed by atoms with Gasteiger partial charge in [-0.1, -0.05) is 63.9 Å². The molecule has 14 heteroatoms. The lowest BCUT2D eigenvalue weighted by molar-refractivity contribution is -0.118. The van der Waals surface area contributed by atoms with E-state index in [0.29, 0.717) is 12.1 Å². The number of guanidine groups is 1. The Kier molecular flexibility index (Phi) is 13.2.